The molecule has 0 fully saturated rings. The lowest BCUT2D eigenvalue weighted by Crippen LogP contribution is -2.17. The van der Waals surface area contributed by atoms with Crippen LogP contribution in [0.2, 0.25) is 0 Å². The molecule has 2 aromatic heterocycles. The topological polar surface area (TPSA) is 71.3 Å². The van der Waals surface area contributed by atoms with E-state index in [1.807, 2.05) is 30.3 Å². The lowest BCUT2D eigenvalue weighted by Gasteiger charge is -2.05. The quantitative estimate of drug-likeness (QED) is 0.554. The molecule has 0 aliphatic rings. The zero-order valence-electron chi connectivity index (χ0n) is 15.2. The van der Waals surface area contributed by atoms with Crippen molar-refractivity contribution in [1.82, 2.24) is 19.9 Å². The van der Waals surface area contributed by atoms with Crippen LogP contribution in [0.25, 0.3) is 16.9 Å². The molecule has 0 aliphatic carbocycles. The average molecular weight is 375 g/mol. The van der Waals surface area contributed by atoms with Crippen molar-refractivity contribution in [3.05, 3.63) is 77.9 Å². The van der Waals surface area contributed by atoms with Crippen molar-refractivity contribution < 1.29 is 9.18 Å². The first kappa shape index (κ1) is 17.7. The summed E-state index contributed by atoms with van der Waals surface area (Å²) in [6.45, 7) is -0.486. The van der Waals surface area contributed by atoms with Gasteiger partial charge in [-0.3, -0.25) is 4.79 Å². The lowest BCUT2D eigenvalue weighted by atomic mass is 10.1. The van der Waals surface area contributed by atoms with Crippen LogP contribution < -0.4 is 10.6 Å². The molecule has 0 bridgehead atoms. The van der Waals surface area contributed by atoms with Crippen LogP contribution in [0, 0.1) is 0 Å². The van der Waals surface area contributed by atoms with Gasteiger partial charge in [-0.1, -0.05) is 30.3 Å². The molecule has 0 saturated carbocycles. The van der Waals surface area contributed by atoms with E-state index in [4.69, 9.17) is 0 Å². The molecule has 6 nitrogen and oxygen atoms in total. The van der Waals surface area contributed by atoms with Crippen LogP contribution in [-0.4, -0.2) is 27.6 Å². The standard InChI is InChI=1S/C21H18FN5O/c1-23-20(28)16-9-11-17(12-10-16)24-21-25-19-4-2-3-18(27(19)26-21)15-7-5-14(13-22)6-8-15/h2-12H,13H2,1H3,(H,23,28)(H,24,26). The zero-order valence-corrected chi connectivity index (χ0v) is 15.2. The van der Waals surface area contributed by atoms with Crippen LogP contribution in [0.4, 0.5) is 16.0 Å². The van der Waals surface area contributed by atoms with E-state index in [0.29, 0.717) is 22.7 Å². The number of anilines is 2. The van der Waals surface area contributed by atoms with Crippen molar-refractivity contribution >= 4 is 23.2 Å². The van der Waals surface area contributed by atoms with Gasteiger partial charge >= 0.3 is 0 Å². The summed E-state index contributed by atoms with van der Waals surface area (Å²) in [4.78, 5) is 16.1. The second kappa shape index (κ2) is 7.48. The fourth-order valence-electron chi connectivity index (χ4n) is 2.92. The molecular weight excluding hydrogens is 357 g/mol. The minimum absolute atomic E-state index is 0.138. The predicted molar refractivity (Wildman–Crippen MR) is 106 cm³/mol. The van der Waals surface area contributed by atoms with Crippen molar-refractivity contribution in [3.8, 4) is 11.3 Å². The molecule has 0 aliphatic heterocycles. The first-order valence-corrected chi connectivity index (χ1v) is 8.78. The Hall–Kier alpha value is -3.74. The molecule has 0 spiro atoms. The SMILES string of the molecule is CNC(=O)c1ccc(Nc2nc3cccc(-c4ccc(CF)cc4)n3n2)cc1. The van der Waals surface area contributed by atoms with Crippen LogP contribution in [0.15, 0.2) is 66.7 Å². The Morgan fingerprint density at radius 1 is 1.04 bits per heavy atom. The normalized spacial score (nSPS) is 10.8. The van der Waals surface area contributed by atoms with Crippen molar-refractivity contribution in [2.24, 2.45) is 0 Å². The predicted octanol–water partition coefficient (Wildman–Crippen LogP) is 3.97. The highest BCUT2D eigenvalue weighted by molar-refractivity contribution is 5.94. The average Bonchev–Trinajstić information content (AvgIpc) is 3.16. The van der Waals surface area contributed by atoms with Gasteiger partial charge in [0.15, 0.2) is 5.65 Å². The summed E-state index contributed by atoms with van der Waals surface area (Å²) in [5.41, 5.74) is 4.47. The second-order valence-electron chi connectivity index (χ2n) is 6.23. The minimum atomic E-state index is -0.486. The van der Waals surface area contributed by atoms with Gasteiger partial charge in [-0.15, -0.1) is 5.10 Å². The molecule has 0 atom stereocenters. The highest BCUT2D eigenvalue weighted by atomic mass is 19.1. The fourth-order valence-corrected chi connectivity index (χ4v) is 2.92. The third-order valence-electron chi connectivity index (χ3n) is 4.39. The molecule has 28 heavy (non-hydrogen) atoms. The van der Waals surface area contributed by atoms with E-state index in [1.54, 1.807) is 48.0 Å². The number of nitrogens with zero attached hydrogens (tertiary/aromatic N) is 3. The number of aromatic nitrogens is 3. The van der Waals surface area contributed by atoms with E-state index >= 15 is 0 Å². The number of pyridine rings is 1. The number of carbonyl (C=O) groups excluding carboxylic acids is 1. The smallest absolute Gasteiger partial charge is 0.251 e. The van der Waals surface area contributed by atoms with Gasteiger partial charge in [0.1, 0.15) is 6.67 Å². The zero-order chi connectivity index (χ0) is 19.5. The third kappa shape index (κ3) is 3.42. The second-order valence-corrected chi connectivity index (χ2v) is 6.23. The highest BCUT2D eigenvalue weighted by Gasteiger charge is 2.10. The third-order valence-corrected chi connectivity index (χ3v) is 4.39. The van der Waals surface area contributed by atoms with E-state index < -0.39 is 6.67 Å². The summed E-state index contributed by atoms with van der Waals surface area (Å²) in [5.74, 6) is 0.307. The minimum Gasteiger partial charge on any atom is -0.355 e. The van der Waals surface area contributed by atoms with E-state index in [0.717, 1.165) is 16.9 Å². The van der Waals surface area contributed by atoms with E-state index in [1.165, 1.54) is 0 Å². The molecule has 2 aromatic carbocycles. The summed E-state index contributed by atoms with van der Waals surface area (Å²) in [5, 5.41) is 10.3. The number of nitrogens with one attached hydrogen (secondary N) is 2. The number of fused-ring (bicyclic) bond motifs is 1. The van der Waals surface area contributed by atoms with Gasteiger partial charge in [-0.2, -0.15) is 4.98 Å². The maximum absolute atomic E-state index is 12.8. The molecule has 0 saturated heterocycles. The Balaban J connectivity index is 1.63. The summed E-state index contributed by atoms with van der Waals surface area (Å²) < 4.78 is 14.5. The Bertz CT molecular complexity index is 1120. The number of rotatable bonds is 5. The molecule has 140 valence electrons. The molecule has 2 N–H and O–H groups in total. The van der Waals surface area contributed by atoms with Crippen LogP contribution in [0.5, 0.6) is 0 Å². The first-order chi connectivity index (χ1) is 13.7. The van der Waals surface area contributed by atoms with Crippen molar-refractivity contribution in [2.75, 3.05) is 12.4 Å². The van der Waals surface area contributed by atoms with Gasteiger partial charge in [0, 0.05) is 23.9 Å². The summed E-state index contributed by atoms with van der Waals surface area (Å²) >= 11 is 0. The lowest BCUT2D eigenvalue weighted by molar-refractivity contribution is 0.0963. The van der Waals surface area contributed by atoms with Crippen molar-refractivity contribution in [3.63, 3.8) is 0 Å². The van der Waals surface area contributed by atoms with Gasteiger partial charge in [-0.05, 0) is 42.0 Å². The largest absolute Gasteiger partial charge is 0.355 e. The van der Waals surface area contributed by atoms with Crippen LogP contribution in [0.3, 0.4) is 0 Å². The Kier molecular flexibility index (Phi) is 4.72. The van der Waals surface area contributed by atoms with Crippen molar-refractivity contribution in [2.45, 2.75) is 6.67 Å². The number of alkyl halides is 1. The number of benzene rings is 2. The van der Waals surface area contributed by atoms with Gasteiger partial charge in [0.05, 0.1) is 5.69 Å². The number of hydrogen-bond donors (Lipinski definition) is 2. The maximum atomic E-state index is 12.8. The van der Waals surface area contributed by atoms with Gasteiger partial charge in [0.2, 0.25) is 5.95 Å². The van der Waals surface area contributed by atoms with Crippen LogP contribution in [0.1, 0.15) is 15.9 Å². The molecular formula is C21H18FN5O. The highest BCUT2D eigenvalue weighted by Crippen LogP contribution is 2.23. The summed E-state index contributed by atoms with van der Waals surface area (Å²) in [6, 6.07) is 20.0. The Morgan fingerprint density at radius 2 is 1.79 bits per heavy atom. The maximum Gasteiger partial charge on any atom is 0.251 e. The monoisotopic (exact) mass is 375 g/mol. The summed E-state index contributed by atoms with van der Waals surface area (Å²) in [7, 11) is 1.60. The van der Waals surface area contributed by atoms with Gasteiger partial charge < -0.3 is 10.6 Å². The van der Waals surface area contributed by atoms with E-state index in [9.17, 15) is 9.18 Å². The van der Waals surface area contributed by atoms with Gasteiger partial charge in [-0.25, -0.2) is 8.91 Å². The van der Waals surface area contributed by atoms with Crippen LogP contribution >= 0.6 is 0 Å². The number of hydrogen-bond acceptors (Lipinski definition) is 4. The number of carbonyl (C=O) groups is 1. The Morgan fingerprint density at radius 3 is 2.46 bits per heavy atom. The first-order valence-electron chi connectivity index (χ1n) is 8.78. The molecule has 0 radical (unpaired) electrons. The molecule has 2 heterocycles. The molecule has 0 unspecified atom stereocenters. The number of amides is 1. The van der Waals surface area contributed by atoms with Crippen molar-refractivity contribution in [1.29, 1.82) is 0 Å². The van der Waals surface area contributed by atoms with E-state index in [-0.39, 0.29) is 5.91 Å². The molecule has 4 rings (SSSR count). The fraction of sp³-hybridized carbons (Fsp3) is 0.0952. The summed E-state index contributed by atoms with van der Waals surface area (Å²) in [6.07, 6.45) is 0. The Labute approximate surface area is 161 Å². The number of halogens is 1. The van der Waals surface area contributed by atoms with Crippen LogP contribution in [-0.2, 0) is 6.67 Å². The van der Waals surface area contributed by atoms with Gasteiger partial charge in [0.25, 0.3) is 5.91 Å². The molecule has 7 heteroatoms. The van der Waals surface area contributed by atoms with E-state index in [2.05, 4.69) is 20.7 Å². The molecule has 1 amide bonds. The molecule has 4 aromatic rings.